The summed E-state index contributed by atoms with van der Waals surface area (Å²) in [5.74, 6) is -3.42. The van der Waals surface area contributed by atoms with Crippen LogP contribution >= 0.6 is 0 Å². The number of hydrogen-bond donors (Lipinski definition) is 2. The number of carboxylic acid groups (broad SMARTS) is 1. The van der Waals surface area contributed by atoms with Crippen LogP contribution in [0.4, 0.5) is 14.5 Å². The Balaban J connectivity index is 1.45. The van der Waals surface area contributed by atoms with E-state index in [4.69, 9.17) is 0 Å². The molecule has 1 aromatic heterocycles. The highest BCUT2D eigenvalue weighted by Gasteiger charge is 2.25. The molecule has 0 saturated carbocycles. The molecule has 0 aliphatic carbocycles. The molecule has 4 rings (SSSR count). The average molecular weight is 412 g/mol. The molecule has 1 aliphatic rings. The minimum absolute atomic E-state index is 0.0659. The summed E-state index contributed by atoms with van der Waals surface area (Å²) in [4.78, 5) is 33.9. The van der Waals surface area contributed by atoms with Crippen molar-refractivity contribution in [1.29, 1.82) is 0 Å². The zero-order chi connectivity index (χ0) is 21.3. The van der Waals surface area contributed by atoms with Gasteiger partial charge in [0.25, 0.3) is 5.91 Å². The van der Waals surface area contributed by atoms with Crippen LogP contribution in [0.1, 0.15) is 27.1 Å². The van der Waals surface area contributed by atoms with Gasteiger partial charge in [-0.1, -0.05) is 0 Å². The fourth-order valence-electron chi connectivity index (χ4n) is 3.71. The van der Waals surface area contributed by atoms with Crippen molar-refractivity contribution in [2.45, 2.75) is 6.42 Å². The van der Waals surface area contributed by atoms with Crippen molar-refractivity contribution < 1.29 is 23.5 Å². The summed E-state index contributed by atoms with van der Waals surface area (Å²) in [5.41, 5.74) is 1.40. The largest absolute Gasteiger partial charge is 0.478 e. The van der Waals surface area contributed by atoms with Gasteiger partial charge in [-0.15, -0.1) is 0 Å². The summed E-state index contributed by atoms with van der Waals surface area (Å²) in [5, 5.41) is 12.8. The number of benzene rings is 2. The molecule has 1 fully saturated rings. The molecule has 0 bridgehead atoms. The Kier molecular flexibility index (Phi) is 5.26. The summed E-state index contributed by atoms with van der Waals surface area (Å²) in [6.45, 7) is 1.76. The minimum atomic E-state index is -1.06. The number of halogens is 2. The van der Waals surface area contributed by atoms with Gasteiger partial charge in [0.2, 0.25) is 0 Å². The molecule has 2 N–H and O–H groups in total. The van der Waals surface area contributed by atoms with Crippen LogP contribution in [0.25, 0.3) is 10.9 Å². The molecule has 0 unspecified atom stereocenters. The first kappa shape index (κ1) is 19.7. The molecule has 1 amide bonds. The second-order valence-corrected chi connectivity index (χ2v) is 7.16. The number of fused-ring (bicyclic) bond motifs is 1. The lowest BCUT2D eigenvalue weighted by Crippen LogP contribution is -2.31. The highest BCUT2D eigenvalue weighted by atomic mass is 19.2. The van der Waals surface area contributed by atoms with E-state index in [-0.39, 0.29) is 17.0 Å². The Bertz CT molecular complexity index is 1140. The van der Waals surface area contributed by atoms with E-state index in [0.29, 0.717) is 24.0 Å². The molecule has 154 valence electrons. The van der Waals surface area contributed by atoms with E-state index < -0.39 is 23.5 Å². The summed E-state index contributed by atoms with van der Waals surface area (Å²) in [7, 11) is 0. The van der Waals surface area contributed by atoms with Crippen LogP contribution in [0.2, 0.25) is 0 Å². The lowest BCUT2D eigenvalue weighted by molar-refractivity contribution is 0.0698. The SMILES string of the molecule is O=C(NC[C@@H]1CCN(c2ccc(C(=O)O)c3ncncc23)C1)c1ccc(F)c(F)c1. The Hall–Kier alpha value is -3.62. The van der Waals surface area contributed by atoms with E-state index in [1.54, 1.807) is 12.3 Å². The predicted molar refractivity (Wildman–Crippen MR) is 106 cm³/mol. The fourth-order valence-corrected chi connectivity index (χ4v) is 3.71. The number of carbonyl (C=O) groups is 2. The van der Waals surface area contributed by atoms with Crippen LogP contribution < -0.4 is 10.2 Å². The maximum atomic E-state index is 13.3. The van der Waals surface area contributed by atoms with Crippen LogP contribution in [0.5, 0.6) is 0 Å². The van der Waals surface area contributed by atoms with Gasteiger partial charge in [-0.25, -0.2) is 23.5 Å². The van der Waals surface area contributed by atoms with Gasteiger partial charge in [0, 0.05) is 42.5 Å². The van der Waals surface area contributed by atoms with Gasteiger partial charge in [-0.3, -0.25) is 4.79 Å². The van der Waals surface area contributed by atoms with Crippen molar-refractivity contribution in [3.05, 3.63) is 65.6 Å². The first-order valence-corrected chi connectivity index (χ1v) is 9.38. The van der Waals surface area contributed by atoms with Crippen LogP contribution in [0.15, 0.2) is 42.9 Å². The van der Waals surface area contributed by atoms with Gasteiger partial charge in [0.05, 0.1) is 11.1 Å². The van der Waals surface area contributed by atoms with Gasteiger partial charge >= 0.3 is 5.97 Å². The molecular formula is C21H18F2N4O3. The quantitative estimate of drug-likeness (QED) is 0.669. The number of carboxylic acids is 1. The number of rotatable bonds is 5. The Morgan fingerprint density at radius 2 is 2.03 bits per heavy atom. The van der Waals surface area contributed by atoms with E-state index in [9.17, 15) is 23.5 Å². The molecule has 0 radical (unpaired) electrons. The van der Waals surface area contributed by atoms with E-state index in [1.165, 1.54) is 18.5 Å². The Morgan fingerprint density at radius 1 is 1.20 bits per heavy atom. The number of nitrogens with zero attached hydrogens (tertiary/aromatic N) is 3. The third kappa shape index (κ3) is 3.78. The molecule has 1 saturated heterocycles. The van der Waals surface area contributed by atoms with Crippen LogP contribution in [0, 0.1) is 17.6 Å². The minimum Gasteiger partial charge on any atom is -0.478 e. The van der Waals surface area contributed by atoms with Crippen molar-refractivity contribution >= 4 is 28.5 Å². The number of aromatic carboxylic acids is 1. The fraction of sp³-hybridized carbons (Fsp3) is 0.238. The number of carbonyl (C=O) groups excluding carboxylic acids is 1. The standard InChI is InChI=1S/C21H18F2N4O3/c22-16-3-1-13(7-17(16)23)20(28)25-8-12-5-6-27(10-12)18-4-2-14(21(29)30)19-15(18)9-24-11-26-19/h1-4,7,9,11-12H,5-6,8,10H2,(H,25,28)(H,29,30)/t12-/m0/s1. The number of aromatic nitrogens is 2. The monoisotopic (exact) mass is 412 g/mol. The van der Waals surface area contributed by atoms with E-state index in [2.05, 4.69) is 20.2 Å². The van der Waals surface area contributed by atoms with Gasteiger partial charge in [0.15, 0.2) is 11.6 Å². The molecule has 1 atom stereocenters. The van der Waals surface area contributed by atoms with Crippen molar-refractivity contribution in [3.8, 4) is 0 Å². The van der Waals surface area contributed by atoms with E-state index in [1.807, 2.05) is 0 Å². The highest BCUT2D eigenvalue weighted by molar-refractivity contribution is 6.05. The highest BCUT2D eigenvalue weighted by Crippen LogP contribution is 2.31. The number of nitrogens with one attached hydrogen (secondary N) is 1. The summed E-state index contributed by atoms with van der Waals surface area (Å²) in [6.07, 6.45) is 3.73. The van der Waals surface area contributed by atoms with Crippen molar-refractivity contribution in [1.82, 2.24) is 15.3 Å². The number of hydrogen-bond acceptors (Lipinski definition) is 5. The first-order chi connectivity index (χ1) is 14.4. The van der Waals surface area contributed by atoms with Crippen molar-refractivity contribution in [2.75, 3.05) is 24.5 Å². The second-order valence-electron chi connectivity index (χ2n) is 7.16. The molecule has 2 heterocycles. The van der Waals surface area contributed by atoms with Crippen molar-refractivity contribution in [2.24, 2.45) is 5.92 Å². The Morgan fingerprint density at radius 3 is 2.80 bits per heavy atom. The number of amides is 1. The molecule has 9 heteroatoms. The third-order valence-corrected chi connectivity index (χ3v) is 5.24. The predicted octanol–water partition coefficient (Wildman–Crippen LogP) is 2.86. The molecule has 30 heavy (non-hydrogen) atoms. The second kappa shape index (κ2) is 8.02. The lowest BCUT2D eigenvalue weighted by Gasteiger charge is -2.21. The third-order valence-electron chi connectivity index (χ3n) is 5.24. The molecule has 1 aliphatic heterocycles. The zero-order valence-corrected chi connectivity index (χ0v) is 15.8. The first-order valence-electron chi connectivity index (χ1n) is 9.38. The number of anilines is 1. The van der Waals surface area contributed by atoms with Crippen molar-refractivity contribution in [3.63, 3.8) is 0 Å². The molecular weight excluding hydrogens is 394 g/mol. The van der Waals surface area contributed by atoms with Gasteiger partial charge in [0.1, 0.15) is 6.33 Å². The molecule has 0 spiro atoms. The maximum Gasteiger partial charge on any atom is 0.337 e. The van der Waals surface area contributed by atoms with Gasteiger partial charge in [-0.2, -0.15) is 0 Å². The Labute approximate surface area is 170 Å². The topological polar surface area (TPSA) is 95.4 Å². The summed E-state index contributed by atoms with van der Waals surface area (Å²) in [6, 6.07) is 6.32. The van der Waals surface area contributed by atoms with E-state index in [0.717, 1.165) is 30.8 Å². The lowest BCUT2D eigenvalue weighted by atomic mass is 10.1. The summed E-state index contributed by atoms with van der Waals surface area (Å²) >= 11 is 0. The van der Waals surface area contributed by atoms with Crippen LogP contribution in [-0.4, -0.2) is 46.6 Å². The molecule has 3 aromatic rings. The zero-order valence-electron chi connectivity index (χ0n) is 15.8. The van der Waals surface area contributed by atoms with Gasteiger partial charge in [-0.05, 0) is 42.7 Å². The summed E-state index contributed by atoms with van der Waals surface area (Å²) < 4.78 is 26.3. The normalized spacial score (nSPS) is 16.1. The molecule has 2 aromatic carbocycles. The van der Waals surface area contributed by atoms with Gasteiger partial charge < -0.3 is 15.3 Å². The maximum absolute atomic E-state index is 13.3. The smallest absolute Gasteiger partial charge is 0.337 e. The van der Waals surface area contributed by atoms with Crippen LogP contribution in [0.3, 0.4) is 0 Å². The molecule has 7 nitrogen and oxygen atoms in total. The van der Waals surface area contributed by atoms with E-state index >= 15 is 0 Å². The average Bonchev–Trinajstić information content (AvgIpc) is 3.21. The van der Waals surface area contributed by atoms with Crippen LogP contribution in [-0.2, 0) is 0 Å².